The second-order valence-corrected chi connectivity index (χ2v) is 2.40. The number of halogens is 1. The molecule has 0 heterocycles. The van der Waals surface area contributed by atoms with Crippen molar-refractivity contribution in [3.05, 3.63) is 23.5 Å². The maximum atomic E-state index is 13.0. The molecule has 1 amide bonds. The number of amides is 1. The lowest BCUT2D eigenvalue weighted by Crippen LogP contribution is -2.19. The van der Waals surface area contributed by atoms with E-state index in [0.717, 1.165) is 12.1 Å². The van der Waals surface area contributed by atoms with Gasteiger partial charge in [0.05, 0.1) is 0 Å². The Morgan fingerprint density at radius 3 is 2.54 bits per heavy atom. The van der Waals surface area contributed by atoms with Crippen LogP contribution >= 0.6 is 0 Å². The largest absolute Gasteiger partial charge is 0.508 e. The van der Waals surface area contributed by atoms with Gasteiger partial charge in [-0.05, 0) is 0 Å². The fourth-order valence-corrected chi connectivity index (χ4v) is 0.928. The summed E-state index contributed by atoms with van der Waals surface area (Å²) in [5.41, 5.74) is -0.472. The highest BCUT2D eigenvalue weighted by Crippen LogP contribution is 2.25. The van der Waals surface area contributed by atoms with E-state index in [0.29, 0.717) is 0 Å². The molecule has 0 fully saturated rings. The van der Waals surface area contributed by atoms with Crippen LogP contribution in [0.3, 0.4) is 0 Å². The summed E-state index contributed by atoms with van der Waals surface area (Å²) in [5.74, 6) is -2.72. The summed E-state index contributed by atoms with van der Waals surface area (Å²) in [7, 11) is 1.31. The van der Waals surface area contributed by atoms with Crippen molar-refractivity contribution >= 4 is 5.91 Å². The van der Waals surface area contributed by atoms with E-state index in [9.17, 15) is 9.18 Å². The number of carbonyl (C=O) groups excluding carboxylic acids is 1. The van der Waals surface area contributed by atoms with Crippen molar-refractivity contribution in [1.82, 2.24) is 5.32 Å². The van der Waals surface area contributed by atoms with Gasteiger partial charge in [0.25, 0.3) is 5.91 Å². The van der Waals surface area contributed by atoms with Crippen molar-refractivity contribution < 1.29 is 19.4 Å². The number of carbonyl (C=O) groups is 1. The first-order valence-corrected chi connectivity index (χ1v) is 3.50. The summed E-state index contributed by atoms with van der Waals surface area (Å²) >= 11 is 0. The Morgan fingerprint density at radius 2 is 2.08 bits per heavy atom. The van der Waals surface area contributed by atoms with E-state index in [4.69, 9.17) is 10.2 Å². The highest BCUT2D eigenvalue weighted by Gasteiger charge is 2.16. The van der Waals surface area contributed by atoms with Gasteiger partial charge in [0.2, 0.25) is 0 Å². The third kappa shape index (κ3) is 1.69. The molecule has 3 N–H and O–H groups in total. The topological polar surface area (TPSA) is 69.6 Å². The van der Waals surface area contributed by atoms with Gasteiger partial charge in [0.1, 0.15) is 22.9 Å². The number of benzene rings is 1. The standard InChI is InChI=1S/C8H8FNO3/c1-10-8(13)7-5(9)2-4(11)3-6(7)12/h2-3,11-12H,1H3,(H,10,13). The van der Waals surface area contributed by atoms with Crippen LogP contribution in [0.15, 0.2) is 12.1 Å². The van der Waals surface area contributed by atoms with Crippen molar-refractivity contribution in [3.63, 3.8) is 0 Å². The molecular weight excluding hydrogens is 177 g/mol. The predicted molar refractivity (Wildman–Crippen MR) is 43.1 cm³/mol. The van der Waals surface area contributed by atoms with E-state index in [1.807, 2.05) is 0 Å². The van der Waals surface area contributed by atoms with Gasteiger partial charge in [0, 0.05) is 19.2 Å². The molecule has 4 nitrogen and oxygen atoms in total. The van der Waals surface area contributed by atoms with Crippen LogP contribution < -0.4 is 5.32 Å². The third-order valence-electron chi connectivity index (χ3n) is 1.51. The summed E-state index contributed by atoms with van der Waals surface area (Å²) < 4.78 is 13.0. The summed E-state index contributed by atoms with van der Waals surface area (Å²) in [6, 6.07) is 1.65. The number of aromatic hydroxyl groups is 2. The molecular formula is C8H8FNO3. The van der Waals surface area contributed by atoms with Crippen molar-refractivity contribution in [2.75, 3.05) is 7.05 Å². The quantitative estimate of drug-likeness (QED) is 0.600. The number of phenols is 2. The number of phenolic OH excluding ortho intramolecular Hbond substituents is 2. The molecule has 0 aliphatic carbocycles. The summed E-state index contributed by atoms with van der Waals surface area (Å²) in [5, 5.41) is 20.1. The molecule has 0 radical (unpaired) electrons. The fraction of sp³-hybridized carbons (Fsp3) is 0.125. The molecule has 1 aromatic carbocycles. The number of nitrogens with one attached hydrogen (secondary N) is 1. The van der Waals surface area contributed by atoms with Gasteiger partial charge in [-0.15, -0.1) is 0 Å². The second kappa shape index (κ2) is 3.30. The van der Waals surface area contributed by atoms with E-state index in [1.54, 1.807) is 0 Å². The normalized spacial score (nSPS) is 9.69. The Kier molecular flexibility index (Phi) is 2.36. The van der Waals surface area contributed by atoms with E-state index < -0.39 is 28.8 Å². The van der Waals surface area contributed by atoms with Crippen molar-refractivity contribution in [3.8, 4) is 11.5 Å². The van der Waals surface area contributed by atoms with Gasteiger partial charge in [-0.3, -0.25) is 4.79 Å². The maximum Gasteiger partial charge on any atom is 0.257 e. The third-order valence-corrected chi connectivity index (χ3v) is 1.51. The lowest BCUT2D eigenvalue weighted by molar-refractivity contribution is 0.0956. The molecule has 0 saturated carbocycles. The van der Waals surface area contributed by atoms with Crippen LogP contribution in [0.25, 0.3) is 0 Å². The average Bonchev–Trinajstić information content (AvgIpc) is 2.02. The smallest absolute Gasteiger partial charge is 0.257 e. The SMILES string of the molecule is CNC(=O)c1c(O)cc(O)cc1F. The van der Waals surface area contributed by atoms with Gasteiger partial charge in [0.15, 0.2) is 0 Å². The van der Waals surface area contributed by atoms with Gasteiger partial charge in [-0.1, -0.05) is 0 Å². The van der Waals surface area contributed by atoms with Crippen LogP contribution in [0.5, 0.6) is 11.5 Å². The van der Waals surface area contributed by atoms with Crippen LogP contribution in [0, 0.1) is 5.82 Å². The minimum atomic E-state index is -0.961. The molecule has 1 aromatic rings. The molecule has 0 bridgehead atoms. The van der Waals surface area contributed by atoms with Crippen LogP contribution in [0.4, 0.5) is 4.39 Å². The number of hydrogen-bond acceptors (Lipinski definition) is 3. The monoisotopic (exact) mass is 185 g/mol. The molecule has 5 heteroatoms. The molecule has 0 aromatic heterocycles. The Morgan fingerprint density at radius 1 is 1.46 bits per heavy atom. The van der Waals surface area contributed by atoms with E-state index in [2.05, 4.69) is 5.32 Å². The van der Waals surface area contributed by atoms with E-state index in [-0.39, 0.29) is 0 Å². The summed E-state index contributed by atoms with van der Waals surface area (Å²) in [6.45, 7) is 0. The van der Waals surface area contributed by atoms with Crippen molar-refractivity contribution in [2.45, 2.75) is 0 Å². The zero-order valence-corrected chi connectivity index (χ0v) is 6.84. The first-order valence-electron chi connectivity index (χ1n) is 3.50. The molecule has 0 aliphatic heterocycles. The highest BCUT2D eigenvalue weighted by atomic mass is 19.1. The second-order valence-electron chi connectivity index (χ2n) is 2.40. The lowest BCUT2D eigenvalue weighted by atomic mass is 10.1. The van der Waals surface area contributed by atoms with Crippen LogP contribution in [0.1, 0.15) is 10.4 Å². The van der Waals surface area contributed by atoms with Crippen LogP contribution in [-0.4, -0.2) is 23.2 Å². The average molecular weight is 185 g/mol. The highest BCUT2D eigenvalue weighted by molar-refractivity contribution is 5.97. The molecule has 70 valence electrons. The van der Waals surface area contributed by atoms with Gasteiger partial charge in [-0.2, -0.15) is 0 Å². The number of hydrogen-bond donors (Lipinski definition) is 3. The Balaban J connectivity index is 3.28. The minimum absolute atomic E-state index is 0.428. The Hall–Kier alpha value is -1.78. The van der Waals surface area contributed by atoms with Crippen molar-refractivity contribution in [2.24, 2.45) is 0 Å². The molecule has 13 heavy (non-hydrogen) atoms. The summed E-state index contributed by atoms with van der Waals surface area (Å²) in [4.78, 5) is 11.0. The fourth-order valence-electron chi connectivity index (χ4n) is 0.928. The zero-order valence-electron chi connectivity index (χ0n) is 6.84. The van der Waals surface area contributed by atoms with Gasteiger partial charge in [-0.25, -0.2) is 4.39 Å². The molecule has 1 rings (SSSR count). The Labute approximate surface area is 73.6 Å². The van der Waals surface area contributed by atoms with Gasteiger partial charge < -0.3 is 15.5 Å². The zero-order chi connectivity index (χ0) is 10.0. The number of rotatable bonds is 1. The first kappa shape index (κ1) is 9.31. The Bertz CT molecular complexity index is 328. The van der Waals surface area contributed by atoms with Crippen LogP contribution in [-0.2, 0) is 0 Å². The summed E-state index contributed by atoms with van der Waals surface area (Å²) in [6.07, 6.45) is 0. The van der Waals surface area contributed by atoms with E-state index in [1.165, 1.54) is 7.05 Å². The van der Waals surface area contributed by atoms with E-state index >= 15 is 0 Å². The lowest BCUT2D eigenvalue weighted by Gasteiger charge is -2.04. The molecule has 0 spiro atoms. The predicted octanol–water partition coefficient (Wildman–Crippen LogP) is 0.596. The molecule has 0 saturated heterocycles. The van der Waals surface area contributed by atoms with Gasteiger partial charge >= 0.3 is 0 Å². The van der Waals surface area contributed by atoms with Crippen LogP contribution in [0.2, 0.25) is 0 Å². The molecule has 0 aliphatic rings. The maximum absolute atomic E-state index is 13.0. The van der Waals surface area contributed by atoms with Crippen molar-refractivity contribution in [1.29, 1.82) is 0 Å². The first-order chi connectivity index (χ1) is 6.06. The minimum Gasteiger partial charge on any atom is -0.508 e. The molecule has 0 unspecified atom stereocenters. The molecule has 0 atom stereocenters.